The van der Waals surface area contributed by atoms with Crippen molar-refractivity contribution in [1.29, 1.82) is 0 Å². The van der Waals surface area contributed by atoms with Gasteiger partial charge in [0.1, 0.15) is 0 Å². The zero-order chi connectivity index (χ0) is 13.3. The van der Waals surface area contributed by atoms with E-state index in [1.54, 1.807) is 0 Å². The first-order valence-electron chi connectivity index (χ1n) is 7.27. The lowest BCUT2D eigenvalue weighted by molar-refractivity contribution is -0.102. The molecule has 0 aliphatic heterocycles. The molecule has 0 amide bonds. The number of hydrogen-bond donors (Lipinski definition) is 3. The van der Waals surface area contributed by atoms with E-state index >= 15 is 0 Å². The fourth-order valence-corrected chi connectivity index (χ4v) is 5.76. The summed E-state index contributed by atoms with van der Waals surface area (Å²) in [5.41, 5.74) is -0.386. The van der Waals surface area contributed by atoms with Crippen LogP contribution in [0, 0.1) is 28.1 Å². The van der Waals surface area contributed by atoms with Crippen molar-refractivity contribution in [2.45, 2.75) is 58.7 Å². The van der Waals surface area contributed by atoms with E-state index in [0.717, 1.165) is 19.3 Å². The molecule has 0 aromatic heterocycles. The smallest absolute Gasteiger partial charge is 0.0638 e. The number of rotatable bonds is 1. The fraction of sp³-hybridized carbons (Fsp3) is 1.00. The van der Waals surface area contributed by atoms with Gasteiger partial charge >= 0.3 is 0 Å². The molecule has 0 heterocycles. The quantitative estimate of drug-likeness (QED) is 0.665. The zero-order valence-corrected chi connectivity index (χ0v) is 11.7. The summed E-state index contributed by atoms with van der Waals surface area (Å²) in [7, 11) is 0. The number of aliphatic hydroxyl groups excluding tert-OH is 3. The Labute approximate surface area is 109 Å². The molecule has 0 saturated heterocycles. The SMILES string of the molecule is CC1(CO)CCCC2(C)C3C(O)CC2(C)C(O)C31. The largest absolute Gasteiger partial charge is 0.396 e. The first-order valence-corrected chi connectivity index (χ1v) is 7.27. The maximum atomic E-state index is 10.8. The molecule has 18 heavy (non-hydrogen) atoms. The van der Waals surface area contributed by atoms with Crippen LogP contribution in [0.15, 0.2) is 0 Å². The van der Waals surface area contributed by atoms with Gasteiger partial charge in [-0.25, -0.2) is 0 Å². The summed E-state index contributed by atoms with van der Waals surface area (Å²) in [5.74, 6) is 0.195. The average molecular weight is 254 g/mol. The van der Waals surface area contributed by atoms with Crippen LogP contribution in [0.1, 0.15) is 46.5 Å². The van der Waals surface area contributed by atoms with E-state index in [1.807, 2.05) is 0 Å². The van der Waals surface area contributed by atoms with Crippen LogP contribution in [0.5, 0.6) is 0 Å². The van der Waals surface area contributed by atoms with Crippen molar-refractivity contribution in [3.05, 3.63) is 0 Å². The first kappa shape index (κ1) is 12.9. The molecule has 3 aliphatic carbocycles. The van der Waals surface area contributed by atoms with Crippen molar-refractivity contribution in [3.8, 4) is 0 Å². The third-order valence-electron chi connectivity index (χ3n) is 7.08. The third kappa shape index (κ3) is 1.17. The van der Waals surface area contributed by atoms with Gasteiger partial charge in [-0.05, 0) is 41.9 Å². The van der Waals surface area contributed by atoms with E-state index in [0.29, 0.717) is 6.42 Å². The second-order valence-electron chi connectivity index (χ2n) is 7.77. The molecule has 0 aromatic carbocycles. The summed E-state index contributed by atoms with van der Waals surface area (Å²) in [6.07, 6.45) is 3.14. The van der Waals surface area contributed by atoms with Crippen LogP contribution in [-0.2, 0) is 0 Å². The van der Waals surface area contributed by atoms with Gasteiger partial charge < -0.3 is 15.3 Å². The summed E-state index contributed by atoms with van der Waals surface area (Å²) in [6, 6.07) is 0. The molecule has 3 N–H and O–H groups in total. The highest BCUT2D eigenvalue weighted by Crippen LogP contribution is 2.73. The molecule has 3 fully saturated rings. The third-order valence-corrected chi connectivity index (χ3v) is 7.08. The highest BCUT2D eigenvalue weighted by Gasteiger charge is 2.74. The lowest BCUT2D eigenvalue weighted by Crippen LogP contribution is -2.49. The predicted molar refractivity (Wildman–Crippen MR) is 68.9 cm³/mol. The van der Waals surface area contributed by atoms with Crippen molar-refractivity contribution in [1.82, 2.24) is 0 Å². The molecule has 3 aliphatic rings. The molecule has 3 heteroatoms. The second-order valence-corrected chi connectivity index (χ2v) is 7.77. The molecule has 4 bridgehead atoms. The van der Waals surface area contributed by atoms with Crippen LogP contribution in [0.3, 0.4) is 0 Å². The Bertz CT molecular complexity index is 371. The monoisotopic (exact) mass is 254 g/mol. The molecule has 0 spiro atoms. The van der Waals surface area contributed by atoms with Gasteiger partial charge in [-0.3, -0.25) is 0 Å². The zero-order valence-electron chi connectivity index (χ0n) is 11.7. The number of hydrogen-bond acceptors (Lipinski definition) is 3. The highest BCUT2D eigenvalue weighted by atomic mass is 16.3. The molecule has 7 unspecified atom stereocenters. The van der Waals surface area contributed by atoms with Crippen LogP contribution in [0.2, 0.25) is 0 Å². The van der Waals surface area contributed by atoms with Gasteiger partial charge in [0.2, 0.25) is 0 Å². The Balaban J connectivity index is 2.14. The topological polar surface area (TPSA) is 60.7 Å². The molecule has 7 atom stereocenters. The van der Waals surface area contributed by atoms with E-state index in [2.05, 4.69) is 20.8 Å². The highest BCUT2D eigenvalue weighted by molar-refractivity contribution is 5.22. The Morgan fingerprint density at radius 2 is 1.67 bits per heavy atom. The van der Waals surface area contributed by atoms with Gasteiger partial charge in [-0.2, -0.15) is 0 Å². The van der Waals surface area contributed by atoms with Crippen molar-refractivity contribution in [2.24, 2.45) is 28.1 Å². The number of aliphatic hydroxyl groups is 3. The Morgan fingerprint density at radius 1 is 1.00 bits per heavy atom. The summed E-state index contributed by atoms with van der Waals surface area (Å²) in [6.45, 7) is 6.59. The standard InChI is InChI=1S/C15H26O3/c1-13(8-16)5-4-6-14(2)10-9(17)7-15(14,3)12(18)11(10)13/h9-12,16-18H,4-8H2,1-3H3. The normalized spacial score (nSPS) is 63.0. The minimum absolute atomic E-state index is 0.0312. The van der Waals surface area contributed by atoms with E-state index in [-0.39, 0.29) is 46.9 Å². The molecular formula is C15H26O3. The Hall–Kier alpha value is -0.120. The molecule has 0 radical (unpaired) electrons. The Kier molecular flexibility index (Phi) is 2.51. The first-order chi connectivity index (χ1) is 8.30. The van der Waals surface area contributed by atoms with Crippen molar-refractivity contribution in [3.63, 3.8) is 0 Å². The molecule has 3 rings (SSSR count). The minimum Gasteiger partial charge on any atom is -0.396 e. The maximum absolute atomic E-state index is 10.8. The van der Waals surface area contributed by atoms with Crippen LogP contribution in [-0.4, -0.2) is 34.1 Å². The average Bonchev–Trinajstić information content (AvgIpc) is 2.53. The van der Waals surface area contributed by atoms with E-state index in [4.69, 9.17) is 0 Å². The van der Waals surface area contributed by atoms with Crippen molar-refractivity contribution in [2.75, 3.05) is 6.61 Å². The molecule has 104 valence electrons. The van der Waals surface area contributed by atoms with E-state index in [1.165, 1.54) is 0 Å². The maximum Gasteiger partial charge on any atom is 0.0638 e. The summed E-state index contributed by atoms with van der Waals surface area (Å²) >= 11 is 0. The summed E-state index contributed by atoms with van der Waals surface area (Å²) < 4.78 is 0. The lowest BCUT2D eigenvalue weighted by atomic mass is 9.62. The van der Waals surface area contributed by atoms with Crippen molar-refractivity contribution >= 4 is 0 Å². The predicted octanol–water partition coefficient (Wildman–Crippen LogP) is 1.55. The van der Waals surface area contributed by atoms with Gasteiger partial charge in [-0.1, -0.05) is 27.2 Å². The van der Waals surface area contributed by atoms with Gasteiger partial charge in [0.05, 0.1) is 12.2 Å². The van der Waals surface area contributed by atoms with Gasteiger partial charge in [0.25, 0.3) is 0 Å². The summed E-state index contributed by atoms with van der Waals surface area (Å²) in [5, 5.41) is 31.0. The van der Waals surface area contributed by atoms with E-state index < -0.39 is 0 Å². The lowest BCUT2D eigenvalue weighted by Gasteiger charge is -2.46. The van der Waals surface area contributed by atoms with Crippen LogP contribution in [0.4, 0.5) is 0 Å². The van der Waals surface area contributed by atoms with E-state index in [9.17, 15) is 15.3 Å². The van der Waals surface area contributed by atoms with Crippen LogP contribution in [0.25, 0.3) is 0 Å². The van der Waals surface area contributed by atoms with Gasteiger partial charge in [0, 0.05) is 12.0 Å². The van der Waals surface area contributed by atoms with Crippen LogP contribution >= 0.6 is 0 Å². The molecule has 3 nitrogen and oxygen atoms in total. The molecule has 3 saturated carbocycles. The summed E-state index contributed by atoms with van der Waals surface area (Å²) in [4.78, 5) is 0. The molecule has 0 aromatic rings. The second kappa shape index (κ2) is 3.50. The van der Waals surface area contributed by atoms with Gasteiger partial charge in [-0.15, -0.1) is 0 Å². The fourth-order valence-electron chi connectivity index (χ4n) is 5.76. The molecular weight excluding hydrogens is 228 g/mol. The Morgan fingerprint density at radius 3 is 2.28 bits per heavy atom. The minimum atomic E-state index is -0.381. The van der Waals surface area contributed by atoms with Gasteiger partial charge in [0.15, 0.2) is 0 Å². The van der Waals surface area contributed by atoms with Crippen LogP contribution < -0.4 is 0 Å². The van der Waals surface area contributed by atoms with Crippen molar-refractivity contribution < 1.29 is 15.3 Å².